The van der Waals surface area contributed by atoms with Crippen LogP contribution in [0.25, 0.3) is 0 Å². The molecule has 1 saturated heterocycles. The minimum absolute atomic E-state index is 0.151. The number of carbonyl (C=O) groups is 1. The molecule has 34 heavy (non-hydrogen) atoms. The molecule has 4 heterocycles. The Morgan fingerprint density at radius 1 is 1.18 bits per heavy atom. The second-order valence-corrected chi connectivity index (χ2v) is 9.07. The largest absolute Gasteiger partial charge is 0.398 e. The lowest BCUT2D eigenvalue weighted by atomic mass is 9.82. The van der Waals surface area contributed by atoms with Crippen LogP contribution >= 0.6 is 0 Å². The van der Waals surface area contributed by atoms with Crippen LogP contribution < -0.4 is 10.7 Å². The van der Waals surface area contributed by atoms with Crippen LogP contribution in [0.4, 0.5) is 19.0 Å². The maximum absolute atomic E-state index is 13.8. The molecule has 1 amide bonds. The van der Waals surface area contributed by atoms with Crippen LogP contribution in [0.2, 0.25) is 0 Å². The van der Waals surface area contributed by atoms with Crippen molar-refractivity contribution in [2.45, 2.75) is 49.5 Å². The highest BCUT2D eigenvalue weighted by Crippen LogP contribution is 2.47. The summed E-state index contributed by atoms with van der Waals surface area (Å²) in [4.78, 5) is 14.0. The molecule has 0 aliphatic carbocycles. The number of benzene rings is 1. The van der Waals surface area contributed by atoms with Gasteiger partial charge in [-0.15, -0.1) is 0 Å². The molecule has 3 aliphatic rings. The minimum atomic E-state index is -4.77. The molecule has 5 rings (SSSR count). The second kappa shape index (κ2) is 8.24. The van der Waals surface area contributed by atoms with E-state index in [1.54, 1.807) is 0 Å². The second-order valence-electron chi connectivity index (χ2n) is 9.07. The van der Waals surface area contributed by atoms with Crippen LogP contribution in [0.15, 0.2) is 47.6 Å². The first-order valence-electron chi connectivity index (χ1n) is 11.2. The highest BCUT2D eigenvalue weighted by molar-refractivity contribution is 6.09. The van der Waals surface area contributed by atoms with Crippen LogP contribution in [0.5, 0.6) is 0 Å². The number of aliphatic hydroxyl groups excluding tert-OH is 1. The average Bonchev–Trinajstić information content (AvgIpc) is 3.23. The Kier molecular flexibility index (Phi) is 5.48. The molecule has 0 saturated carbocycles. The Balaban J connectivity index is 1.30. The summed E-state index contributed by atoms with van der Waals surface area (Å²) >= 11 is 0. The molecule has 4 N–H and O–H groups in total. The smallest absolute Gasteiger partial charge is 0.382 e. The summed E-state index contributed by atoms with van der Waals surface area (Å²) in [6.07, 6.45) is -1.78. The lowest BCUT2D eigenvalue weighted by Crippen LogP contribution is -2.57. The number of rotatable bonds is 3. The highest BCUT2D eigenvalue weighted by Gasteiger charge is 2.54. The number of nitrogens with one attached hydrogen (secondary N) is 3. The van der Waals surface area contributed by atoms with Crippen molar-refractivity contribution in [3.63, 3.8) is 0 Å². The van der Waals surface area contributed by atoms with Crippen molar-refractivity contribution in [2.75, 3.05) is 18.4 Å². The lowest BCUT2D eigenvalue weighted by Gasteiger charge is -2.44. The van der Waals surface area contributed by atoms with Crippen LogP contribution in [0.1, 0.15) is 48.4 Å². The predicted octanol–water partition coefficient (Wildman–Crippen LogP) is 2.83. The van der Waals surface area contributed by atoms with E-state index in [0.717, 1.165) is 11.3 Å². The summed E-state index contributed by atoms with van der Waals surface area (Å²) in [5, 5.41) is 23.4. The summed E-state index contributed by atoms with van der Waals surface area (Å²) in [5.41, 5.74) is 4.72. The molecular formula is C23H25F3N6O2. The van der Waals surface area contributed by atoms with Crippen molar-refractivity contribution in [2.24, 2.45) is 5.10 Å². The van der Waals surface area contributed by atoms with Crippen molar-refractivity contribution < 1.29 is 23.1 Å². The maximum Gasteiger partial charge on any atom is 0.398 e. The molecule has 1 unspecified atom stereocenters. The topological polar surface area (TPSA) is 106 Å². The third-order valence-electron chi connectivity index (χ3n) is 6.92. The van der Waals surface area contributed by atoms with Gasteiger partial charge in [-0.1, -0.05) is 30.3 Å². The number of halogens is 3. The molecule has 0 spiro atoms. The van der Waals surface area contributed by atoms with Gasteiger partial charge in [-0.3, -0.25) is 20.2 Å². The number of H-pyrrole nitrogens is 1. The van der Waals surface area contributed by atoms with Crippen molar-refractivity contribution in [3.8, 4) is 0 Å². The van der Waals surface area contributed by atoms with Crippen LogP contribution in [0, 0.1) is 0 Å². The summed E-state index contributed by atoms with van der Waals surface area (Å²) in [6, 6.07) is 9.81. The highest BCUT2D eigenvalue weighted by atomic mass is 19.4. The van der Waals surface area contributed by atoms with E-state index in [9.17, 15) is 23.1 Å². The van der Waals surface area contributed by atoms with E-state index in [1.807, 2.05) is 49.4 Å². The molecule has 1 aromatic heterocycles. The zero-order valence-corrected chi connectivity index (χ0v) is 18.4. The number of allylic oxidation sites excluding steroid dienone is 1. The zero-order valence-electron chi connectivity index (χ0n) is 18.4. The fourth-order valence-corrected chi connectivity index (χ4v) is 5.00. The first-order chi connectivity index (χ1) is 16.2. The number of carbonyl (C=O) groups excluding carboxylic acids is 1. The number of aromatic amines is 1. The number of alkyl halides is 3. The van der Waals surface area contributed by atoms with Crippen LogP contribution in [-0.4, -0.2) is 62.9 Å². The fourth-order valence-electron chi connectivity index (χ4n) is 5.00. The van der Waals surface area contributed by atoms with Gasteiger partial charge in [0.05, 0.1) is 5.71 Å². The number of nitrogens with zero attached hydrogens (tertiary/aromatic N) is 3. The molecule has 1 fully saturated rings. The third kappa shape index (κ3) is 3.88. The molecule has 180 valence electrons. The minimum Gasteiger partial charge on any atom is -0.382 e. The molecule has 1 aromatic carbocycles. The molecule has 2 aromatic rings. The Morgan fingerprint density at radius 2 is 1.88 bits per heavy atom. The Morgan fingerprint density at radius 3 is 2.50 bits per heavy atom. The number of aromatic nitrogens is 2. The number of aliphatic hydroxyl groups is 1. The number of hydrogen-bond acceptors (Lipinski definition) is 6. The molecule has 3 atom stereocenters. The molecule has 8 nitrogen and oxygen atoms in total. The standard InChI is InChI=1S/C23H25F3N6O2/c1-22(10-7-15(28-31-22)13-5-3-2-4-6-13)32-11-8-14(9-12-32)18-16-17(23(24,25)26)19(33)21(34)27-20(16)30-29-18/h2-7,10,14,17,19,31,33H,8-9,11-12H2,1H3,(H2,27,29,30,34)/t17-,19-,22?/m1/s1. The van der Waals surface area contributed by atoms with E-state index in [-0.39, 0.29) is 17.3 Å². The fraction of sp³-hybridized carbons (Fsp3) is 0.435. The predicted molar refractivity (Wildman–Crippen MR) is 119 cm³/mol. The Labute approximate surface area is 193 Å². The van der Waals surface area contributed by atoms with Crippen molar-refractivity contribution in [3.05, 3.63) is 59.3 Å². The maximum atomic E-state index is 13.8. The molecule has 0 bridgehead atoms. The summed E-state index contributed by atoms with van der Waals surface area (Å²) < 4.78 is 41.3. The lowest BCUT2D eigenvalue weighted by molar-refractivity contribution is -0.177. The van der Waals surface area contributed by atoms with Gasteiger partial charge in [-0.2, -0.15) is 23.4 Å². The zero-order chi connectivity index (χ0) is 24.1. The van der Waals surface area contributed by atoms with Gasteiger partial charge in [0.15, 0.2) is 5.82 Å². The summed E-state index contributed by atoms with van der Waals surface area (Å²) in [5.74, 6) is -3.75. The molecule has 11 heteroatoms. The number of hydrogen-bond donors (Lipinski definition) is 4. The summed E-state index contributed by atoms with van der Waals surface area (Å²) in [7, 11) is 0. The average molecular weight is 474 g/mol. The number of amides is 1. The van der Waals surface area contributed by atoms with Crippen LogP contribution in [0.3, 0.4) is 0 Å². The number of likely N-dealkylation sites (tertiary alicyclic amines) is 1. The number of hydrazone groups is 1. The van der Waals surface area contributed by atoms with E-state index in [2.05, 4.69) is 30.9 Å². The van der Waals surface area contributed by atoms with Gasteiger partial charge in [-0.05, 0) is 31.9 Å². The van der Waals surface area contributed by atoms with E-state index >= 15 is 0 Å². The van der Waals surface area contributed by atoms with Gasteiger partial charge in [0.25, 0.3) is 5.91 Å². The van der Waals surface area contributed by atoms with Crippen molar-refractivity contribution >= 4 is 17.4 Å². The van der Waals surface area contributed by atoms with Gasteiger partial charge in [0.2, 0.25) is 0 Å². The number of fused-ring (bicyclic) bond motifs is 1. The van der Waals surface area contributed by atoms with E-state index in [0.29, 0.717) is 31.6 Å². The Bertz CT molecular complexity index is 1140. The van der Waals surface area contributed by atoms with Crippen LogP contribution in [-0.2, 0) is 4.79 Å². The number of anilines is 1. The number of piperidine rings is 1. The van der Waals surface area contributed by atoms with Crippen molar-refractivity contribution in [1.82, 2.24) is 20.5 Å². The van der Waals surface area contributed by atoms with E-state index in [4.69, 9.17) is 0 Å². The molecular weight excluding hydrogens is 449 g/mol. The normalized spacial score (nSPS) is 28.1. The van der Waals surface area contributed by atoms with Crippen molar-refractivity contribution in [1.29, 1.82) is 0 Å². The van der Waals surface area contributed by atoms with Gasteiger partial charge < -0.3 is 10.4 Å². The monoisotopic (exact) mass is 474 g/mol. The van der Waals surface area contributed by atoms with Gasteiger partial charge in [0, 0.05) is 35.8 Å². The van der Waals surface area contributed by atoms with Gasteiger partial charge in [-0.25, -0.2) is 0 Å². The Hall–Kier alpha value is -3.18. The first-order valence-corrected chi connectivity index (χ1v) is 11.2. The first kappa shape index (κ1) is 22.6. The van der Waals surface area contributed by atoms with Gasteiger partial charge in [0.1, 0.15) is 17.7 Å². The van der Waals surface area contributed by atoms with Gasteiger partial charge >= 0.3 is 6.18 Å². The van der Waals surface area contributed by atoms with E-state index < -0.39 is 29.8 Å². The third-order valence-corrected chi connectivity index (χ3v) is 6.92. The summed E-state index contributed by atoms with van der Waals surface area (Å²) in [6.45, 7) is 3.25. The SMILES string of the molecule is CC1(N2CCC(c3[nH]nc4c3[C@@H](C(F)(F)F)[C@@H](O)C(=O)N4)CC2)C=CC(c2ccccc2)=NN1. The van der Waals surface area contributed by atoms with E-state index in [1.165, 1.54) is 0 Å². The molecule has 3 aliphatic heterocycles. The molecule has 0 radical (unpaired) electrons. The quantitative estimate of drug-likeness (QED) is 0.548.